The van der Waals surface area contributed by atoms with Crippen molar-refractivity contribution in [1.82, 2.24) is 5.48 Å². The Hall–Kier alpha value is -2.17. The van der Waals surface area contributed by atoms with Gasteiger partial charge in [0.05, 0.1) is 13.0 Å². The van der Waals surface area contributed by atoms with E-state index in [0.717, 1.165) is 11.1 Å². The Labute approximate surface area is 124 Å². The lowest BCUT2D eigenvalue weighted by Gasteiger charge is -2.07. The summed E-state index contributed by atoms with van der Waals surface area (Å²) < 4.78 is 5.16. The van der Waals surface area contributed by atoms with Crippen molar-refractivity contribution >= 4 is 5.97 Å². The maximum atomic E-state index is 11.5. The molecule has 0 saturated carbocycles. The summed E-state index contributed by atoms with van der Waals surface area (Å²) in [5.74, 6) is -0.241. The fraction of sp³-hybridized carbons (Fsp3) is 0.235. The summed E-state index contributed by atoms with van der Waals surface area (Å²) in [4.78, 5) is 16.8. The van der Waals surface area contributed by atoms with Crippen molar-refractivity contribution < 1.29 is 14.4 Å². The van der Waals surface area contributed by atoms with Gasteiger partial charge in [-0.1, -0.05) is 60.7 Å². The van der Waals surface area contributed by atoms with Gasteiger partial charge in [0.15, 0.2) is 0 Å². The first-order valence-electron chi connectivity index (χ1n) is 6.93. The van der Waals surface area contributed by atoms with E-state index in [-0.39, 0.29) is 12.4 Å². The zero-order chi connectivity index (χ0) is 14.8. The predicted octanol–water partition coefficient (Wildman–Crippen LogP) is 2.84. The summed E-state index contributed by atoms with van der Waals surface area (Å²) in [6.07, 6.45) is 0.279. The van der Waals surface area contributed by atoms with Crippen LogP contribution in [0.2, 0.25) is 0 Å². The van der Waals surface area contributed by atoms with Crippen molar-refractivity contribution in [2.24, 2.45) is 0 Å². The van der Waals surface area contributed by atoms with Crippen LogP contribution in [0.1, 0.15) is 17.5 Å². The van der Waals surface area contributed by atoms with E-state index in [1.807, 2.05) is 60.7 Å². The number of esters is 1. The van der Waals surface area contributed by atoms with Gasteiger partial charge in [0.1, 0.15) is 6.61 Å². The molecule has 0 aromatic heterocycles. The molecule has 0 aliphatic rings. The first kappa shape index (κ1) is 15.2. The number of rotatable bonds is 8. The van der Waals surface area contributed by atoms with Gasteiger partial charge in [0.25, 0.3) is 0 Å². The van der Waals surface area contributed by atoms with Gasteiger partial charge >= 0.3 is 5.97 Å². The van der Waals surface area contributed by atoms with E-state index in [0.29, 0.717) is 19.8 Å². The minimum absolute atomic E-state index is 0.241. The average molecular weight is 285 g/mol. The van der Waals surface area contributed by atoms with E-state index in [1.165, 1.54) is 0 Å². The topological polar surface area (TPSA) is 47.6 Å². The Bertz CT molecular complexity index is 528. The van der Waals surface area contributed by atoms with Crippen molar-refractivity contribution in [3.8, 4) is 0 Å². The summed E-state index contributed by atoms with van der Waals surface area (Å²) in [5, 5.41) is 0. The minimum atomic E-state index is -0.241. The van der Waals surface area contributed by atoms with Crippen molar-refractivity contribution in [3.05, 3.63) is 71.8 Å². The van der Waals surface area contributed by atoms with Crippen LogP contribution in [-0.2, 0) is 27.6 Å². The summed E-state index contributed by atoms with van der Waals surface area (Å²) in [7, 11) is 0. The van der Waals surface area contributed by atoms with E-state index < -0.39 is 0 Å². The number of benzene rings is 2. The largest absolute Gasteiger partial charge is 0.461 e. The van der Waals surface area contributed by atoms with E-state index in [2.05, 4.69) is 5.48 Å². The maximum Gasteiger partial charge on any atom is 0.307 e. The smallest absolute Gasteiger partial charge is 0.307 e. The van der Waals surface area contributed by atoms with E-state index in [9.17, 15) is 4.79 Å². The molecule has 1 N–H and O–H groups in total. The molecule has 2 rings (SSSR count). The van der Waals surface area contributed by atoms with Gasteiger partial charge in [-0.25, -0.2) is 5.48 Å². The summed E-state index contributed by atoms with van der Waals surface area (Å²) in [6, 6.07) is 19.5. The summed E-state index contributed by atoms with van der Waals surface area (Å²) in [5.41, 5.74) is 4.83. The summed E-state index contributed by atoms with van der Waals surface area (Å²) in [6.45, 7) is 1.21. The molecule has 0 amide bonds. The van der Waals surface area contributed by atoms with E-state index >= 15 is 0 Å². The van der Waals surface area contributed by atoms with Gasteiger partial charge in [0.2, 0.25) is 0 Å². The number of carbonyl (C=O) groups excluding carboxylic acids is 1. The SMILES string of the molecule is O=C(CCNOCc1ccccc1)OCc1ccccc1. The molecule has 110 valence electrons. The molecule has 0 bridgehead atoms. The lowest BCUT2D eigenvalue weighted by atomic mass is 10.2. The number of carbonyl (C=O) groups is 1. The average Bonchev–Trinajstić information content (AvgIpc) is 2.54. The Morgan fingerprint density at radius 3 is 2.05 bits per heavy atom. The monoisotopic (exact) mass is 285 g/mol. The molecule has 21 heavy (non-hydrogen) atoms. The Balaban J connectivity index is 1.53. The lowest BCUT2D eigenvalue weighted by molar-refractivity contribution is -0.145. The normalized spacial score (nSPS) is 10.3. The highest BCUT2D eigenvalue weighted by atomic mass is 16.6. The molecule has 4 heteroatoms. The molecule has 0 radical (unpaired) electrons. The molecular weight excluding hydrogens is 266 g/mol. The first-order valence-corrected chi connectivity index (χ1v) is 6.93. The fourth-order valence-corrected chi connectivity index (χ4v) is 1.74. The van der Waals surface area contributed by atoms with Crippen LogP contribution in [-0.4, -0.2) is 12.5 Å². The molecule has 2 aromatic rings. The van der Waals surface area contributed by atoms with Gasteiger partial charge in [-0.15, -0.1) is 0 Å². The second-order valence-corrected chi connectivity index (χ2v) is 4.56. The predicted molar refractivity (Wildman–Crippen MR) is 80.1 cm³/mol. The van der Waals surface area contributed by atoms with E-state index in [4.69, 9.17) is 9.57 Å². The fourth-order valence-electron chi connectivity index (χ4n) is 1.74. The number of hydrogen-bond acceptors (Lipinski definition) is 4. The van der Waals surface area contributed by atoms with Crippen molar-refractivity contribution in [1.29, 1.82) is 0 Å². The van der Waals surface area contributed by atoms with Gasteiger partial charge in [-0.2, -0.15) is 0 Å². The van der Waals surface area contributed by atoms with Gasteiger partial charge in [-0.3, -0.25) is 9.63 Å². The highest BCUT2D eigenvalue weighted by molar-refractivity contribution is 5.69. The molecule has 4 nitrogen and oxygen atoms in total. The van der Waals surface area contributed by atoms with Crippen LogP contribution in [0.5, 0.6) is 0 Å². The molecule has 0 unspecified atom stereocenters. The third-order valence-corrected chi connectivity index (χ3v) is 2.86. The maximum absolute atomic E-state index is 11.5. The zero-order valence-corrected chi connectivity index (χ0v) is 11.8. The molecule has 0 aliphatic carbocycles. The highest BCUT2D eigenvalue weighted by Gasteiger charge is 2.03. The highest BCUT2D eigenvalue weighted by Crippen LogP contribution is 2.02. The molecule has 0 heterocycles. The van der Waals surface area contributed by atoms with Crippen LogP contribution in [0.15, 0.2) is 60.7 Å². The third kappa shape index (κ3) is 6.21. The van der Waals surface area contributed by atoms with Crippen LogP contribution in [0.3, 0.4) is 0 Å². The quantitative estimate of drug-likeness (QED) is 0.460. The van der Waals surface area contributed by atoms with Crippen molar-refractivity contribution in [2.75, 3.05) is 6.54 Å². The third-order valence-electron chi connectivity index (χ3n) is 2.86. The van der Waals surface area contributed by atoms with Gasteiger partial charge < -0.3 is 4.74 Å². The summed E-state index contributed by atoms with van der Waals surface area (Å²) >= 11 is 0. The van der Waals surface area contributed by atoms with Gasteiger partial charge in [-0.05, 0) is 11.1 Å². The van der Waals surface area contributed by atoms with Crippen LogP contribution in [0.25, 0.3) is 0 Å². The molecule has 0 aliphatic heterocycles. The van der Waals surface area contributed by atoms with Gasteiger partial charge in [0, 0.05) is 6.54 Å². The van der Waals surface area contributed by atoms with Crippen LogP contribution >= 0.6 is 0 Å². The molecule has 0 atom stereocenters. The number of hydroxylamine groups is 1. The molecule has 2 aromatic carbocycles. The lowest BCUT2D eigenvalue weighted by Crippen LogP contribution is -2.19. The van der Waals surface area contributed by atoms with Crippen molar-refractivity contribution in [3.63, 3.8) is 0 Å². The Kier molecular flexibility index (Phi) is 6.45. The number of ether oxygens (including phenoxy) is 1. The second kappa shape index (κ2) is 8.89. The van der Waals surface area contributed by atoms with Crippen LogP contribution in [0, 0.1) is 0 Å². The number of nitrogens with one attached hydrogen (secondary N) is 1. The Morgan fingerprint density at radius 1 is 0.857 bits per heavy atom. The second-order valence-electron chi connectivity index (χ2n) is 4.56. The Morgan fingerprint density at radius 2 is 1.43 bits per heavy atom. The van der Waals surface area contributed by atoms with Crippen LogP contribution < -0.4 is 5.48 Å². The molecule has 0 fully saturated rings. The molecule has 0 spiro atoms. The zero-order valence-electron chi connectivity index (χ0n) is 11.8. The van der Waals surface area contributed by atoms with Crippen LogP contribution in [0.4, 0.5) is 0 Å². The molecule has 0 saturated heterocycles. The standard InChI is InChI=1S/C17H19NO3/c19-17(20-13-15-7-3-1-4-8-15)11-12-18-21-14-16-9-5-2-6-10-16/h1-10,18H,11-14H2. The first-order chi connectivity index (χ1) is 10.3. The van der Waals surface area contributed by atoms with Crippen molar-refractivity contribution in [2.45, 2.75) is 19.6 Å². The molecular formula is C17H19NO3. The number of hydrogen-bond donors (Lipinski definition) is 1. The minimum Gasteiger partial charge on any atom is -0.461 e. The van der Waals surface area contributed by atoms with E-state index in [1.54, 1.807) is 0 Å².